The minimum Gasteiger partial charge on any atom is -0.456 e. The van der Waals surface area contributed by atoms with Gasteiger partial charge in [0.25, 0.3) is 0 Å². The first-order chi connectivity index (χ1) is 9.50. The van der Waals surface area contributed by atoms with E-state index in [2.05, 4.69) is 31.1 Å². The summed E-state index contributed by atoms with van der Waals surface area (Å²) in [6, 6.07) is 4.89. The number of hydrogen-bond donors (Lipinski definition) is 0. The van der Waals surface area contributed by atoms with Gasteiger partial charge >= 0.3 is 5.97 Å². The van der Waals surface area contributed by atoms with Crippen molar-refractivity contribution < 1.29 is 14.3 Å². The fraction of sp³-hybridized carbons (Fsp3) is 0.412. The molecule has 0 amide bonds. The largest absolute Gasteiger partial charge is 0.456 e. The Hall–Kier alpha value is -1.86. The fourth-order valence-electron chi connectivity index (χ4n) is 1.51. The second-order valence-electron chi connectivity index (χ2n) is 6.96. The van der Waals surface area contributed by atoms with Crippen molar-refractivity contribution in [3.8, 4) is 11.5 Å². The van der Waals surface area contributed by atoms with Crippen LogP contribution in [0.1, 0.15) is 47.1 Å². The zero-order valence-corrected chi connectivity index (χ0v) is 14.5. The minimum absolute atomic E-state index is 0.356. The molecule has 1 aromatic rings. The first-order valence-electron chi connectivity index (χ1n) is 6.87. The van der Waals surface area contributed by atoms with E-state index >= 15 is 0 Å². The van der Waals surface area contributed by atoms with Crippen LogP contribution in [0.15, 0.2) is 18.2 Å². The molecular weight excluding hydrogens is 280 g/mol. The molecule has 0 aromatic heterocycles. The van der Waals surface area contributed by atoms with Crippen molar-refractivity contribution in [2.75, 3.05) is 0 Å². The van der Waals surface area contributed by atoms with Gasteiger partial charge in [0.05, 0.1) is 5.56 Å². The molecule has 0 bridgehead atoms. The van der Waals surface area contributed by atoms with Crippen LogP contribution in [0.3, 0.4) is 0 Å². The molecule has 21 heavy (non-hydrogen) atoms. The first-order valence-corrected chi connectivity index (χ1v) is 10.4. The molecule has 0 N–H and O–H groups in total. The lowest BCUT2D eigenvalue weighted by Gasteiger charge is -2.19. The number of carbonyl (C=O) groups excluding carboxylic acids is 2. The van der Waals surface area contributed by atoms with Crippen LogP contribution < -0.4 is 0 Å². The van der Waals surface area contributed by atoms with Gasteiger partial charge < -0.3 is 4.74 Å². The van der Waals surface area contributed by atoms with Gasteiger partial charge in [0.2, 0.25) is 0 Å². The average Bonchev–Trinajstić information content (AvgIpc) is 2.33. The maximum absolute atomic E-state index is 12.1. The predicted octanol–water partition coefficient (Wildman–Crippen LogP) is 3.68. The van der Waals surface area contributed by atoms with Gasteiger partial charge in [-0.1, -0.05) is 25.6 Å². The van der Waals surface area contributed by atoms with Crippen molar-refractivity contribution in [2.45, 2.75) is 46.0 Å². The van der Waals surface area contributed by atoms with E-state index in [4.69, 9.17) is 4.74 Å². The van der Waals surface area contributed by atoms with Crippen molar-refractivity contribution in [1.29, 1.82) is 0 Å². The second-order valence-corrected chi connectivity index (χ2v) is 11.7. The molecule has 0 fully saturated rings. The Labute approximate surface area is 127 Å². The van der Waals surface area contributed by atoms with Crippen LogP contribution in [0.4, 0.5) is 0 Å². The van der Waals surface area contributed by atoms with Gasteiger partial charge in [-0.25, -0.2) is 4.79 Å². The van der Waals surface area contributed by atoms with Crippen molar-refractivity contribution in [2.24, 2.45) is 0 Å². The van der Waals surface area contributed by atoms with E-state index in [0.29, 0.717) is 23.0 Å². The zero-order chi connectivity index (χ0) is 16.3. The molecule has 0 aliphatic carbocycles. The number of rotatable bonds is 2. The van der Waals surface area contributed by atoms with Crippen LogP contribution in [0, 0.1) is 11.5 Å². The third kappa shape index (κ3) is 6.41. The Kier molecular flexibility index (Phi) is 5.14. The molecule has 4 heteroatoms. The van der Waals surface area contributed by atoms with Gasteiger partial charge in [-0.3, -0.25) is 4.79 Å². The highest BCUT2D eigenvalue weighted by Crippen LogP contribution is 2.15. The summed E-state index contributed by atoms with van der Waals surface area (Å²) in [7, 11) is -1.52. The fourth-order valence-corrected chi connectivity index (χ4v) is 2.03. The molecule has 0 saturated heterocycles. The lowest BCUT2D eigenvalue weighted by molar-refractivity contribution is 0.00694. The Balaban J connectivity index is 3.19. The third-order valence-electron chi connectivity index (χ3n) is 2.31. The average molecular weight is 302 g/mol. The van der Waals surface area contributed by atoms with E-state index in [0.717, 1.165) is 0 Å². The molecule has 0 atom stereocenters. The summed E-state index contributed by atoms with van der Waals surface area (Å²) in [4.78, 5) is 23.1. The number of carbonyl (C=O) groups is 2. The van der Waals surface area contributed by atoms with Crippen molar-refractivity contribution in [1.82, 2.24) is 0 Å². The topological polar surface area (TPSA) is 43.4 Å². The second kappa shape index (κ2) is 6.27. The summed E-state index contributed by atoms with van der Waals surface area (Å²) in [6.45, 7) is 11.8. The van der Waals surface area contributed by atoms with Gasteiger partial charge in [-0.05, 0) is 39.0 Å². The summed E-state index contributed by atoms with van der Waals surface area (Å²) in [5.74, 6) is 2.62. The SMILES string of the molecule is CC(C)(C)OC(=O)c1cc(C#C[Si](C)(C)C)cc(C=O)c1. The molecule has 0 unspecified atom stereocenters. The third-order valence-corrected chi connectivity index (χ3v) is 3.18. The Morgan fingerprint density at radius 2 is 1.81 bits per heavy atom. The van der Waals surface area contributed by atoms with E-state index in [9.17, 15) is 9.59 Å². The highest BCUT2D eigenvalue weighted by Gasteiger charge is 2.18. The van der Waals surface area contributed by atoms with Gasteiger partial charge in [0, 0.05) is 11.1 Å². The molecule has 0 heterocycles. The molecule has 0 aliphatic heterocycles. The first kappa shape index (κ1) is 17.2. The molecule has 1 aromatic carbocycles. The van der Waals surface area contributed by atoms with Crippen LogP contribution in [-0.4, -0.2) is 25.9 Å². The molecule has 0 radical (unpaired) electrons. The Morgan fingerprint density at radius 1 is 1.19 bits per heavy atom. The number of esters is 1. The molecular formula is C17H22O3Si. The smallest absolute Gasteiger partial charge is 0.338 e. The molecule has 112 valence electrons. The molecule has 0 saturated carbocycles. The van der Waals surface area contributed by atoms with E-state index in [1.807, 2.05) is 0 Å². The lowest BCUT2D eigenvalue weighted by atomic mass is 10.1. The zero-order valence-electron chi connectivity index (χ0n) is 13.5. The van der Waals surface area contributed by atoms with Crippen molar-refractivity contribution in [3.05, 3.63) is 34.9 Å². The predicted molar refractivity (Wildman–Crippen MR) is 87.2 cm³/mol. The summed E-state index contributed by atoms with van der Waals surface area (Å²) < 4.78 is 5.33. The maximum Gasteiger partial charge on any atom is 0.338 e. The van der Waals surface area contributed by atoms with Crippen molar-refractivity contribution in [3.63, 3.8) is 0 Å². The highest BCUT2D eigenvalue weighted by molar-refractivity contribution is 6.83. The number of hydrogen-bond acceptors (Lipinski definition) is 3. The van der Waals surface area contributed by atoms with Gasteiger partial charge in [0.15, 0.2) is 0 Å². The molecule has 0 spiro atoms. The van der Waals surface area contributed by atoms with Crippen LogP contribution in [0.5, 0.6) is 0 Å². The van der Waals surface area contributed by atoms with Gasteiger partial charge in [-0.15, -0.1) is 5.54 Å². The standard InChI is InChI=1S/C17H22O3Si/c1-17(2,3)20-16(19)15-10-13(7-8-21(4,5)6)9-14(11-15)12-18/h9-12H,1-6H3. The molecule has 3 nitrogen and oxygen atoms in total. The lowest BCUT2D eigenvalue weighted by Crippen LogP contribution is -2.24. The summed E-state index contributed by atoms with van der Waals surface area (Å²) in [5, 5.41) is 0. The highest BCUT2D eigenvalue weighted by atomic mass is 28.3. The summed E-state index contributed by atoms with van der Waals surface area (Å²) in [5.41, 5.74) is 4.11. The van der Waals surface area contributed by atoms with Crippen LogP contribution in [-0.2, 0) is 4.74 Å². The van der Waals surface area contributed by atoms with E-state index in [1.165, 1.54) is 6.07 Å². The minimum atomic E-state index is -1.52. The molecule has 1 rings (SSSR count). The van der Waals surface area contributed by atoms with Gasteiger partial charge in [-0.2, -0.15) is 0 Å². The van der Waals surface area contributed by atoms with Crippen LogP contribution in [0.2, 0.25) is 19.6 Å². The van der Waals surface area contributed by atoms with Gasteiger partial charge in [0.1, 0.15) is 20.0 Å². The number of aldehydes is 1. The van der Waals surface area contributed by atoms with Crippen molar-refractivity contribution >= 4 is 20.3 Å². The summed E-state index contributed by atoms with van der Waals surface area (Å²) >= 11 is 0. The van der Waals surface area contributed by atoms with E-state index < -0.39 is 19.6 Å². The monoisotopic (exact) mass is 302 g/mol. The number of ether oxygens (including phenoxy) is 1. The van der Waals surface area contributed by atoms with Crippen LogP contribution >= 0.6 is 0 Å². The van der Waals surface area contributed by atoms with E-state index in [-0.39, 0.29) is 0 Å². The number of benzene rings is 1. The van der Waals surface area contributed by atoms with E-state index in [1.54, 1.807) is 32.9 Å². The summed E-state index contributed by atoms with van der Waals surface area (Å²) in [6.07, 6.45) is 0.716. The quantitative estimate of drug-likeness (QED) is 0.362. The van der Waals surface area contributed by atoms with Crippen LogP contribution in [0.25, 0.3) is 0 Å². The molecule has 0 aliphatic rings. The Bertz CT molecular complexity index is 608. The normalized spacial score (nSPS) is 11.3. The Morgan fingerprint density at radius 3 is 2.29 bits per heavy atom. The maximum atomic E-state index is 12.1.